The number of anilines is 1. The van der Waals surface area contributed by atoms with Crippen LogP contribution in [-0.4, -0.2) is 35.4 Å². The minimum absolute atomic E-state index is 0.583. The fraction of sp³-hybridized carbons (Fsp3) is 0.227. The normalized spacial score (nSPS) is 10.9. The lowest BCUT2D eigenvalue weighted by Gasteiger charge is -2.20. The van der Waals surface area contributed by atoms with Crippen LogP contribution in [0.5, 0.6) is 5.75 Å². The topological polar surface area (TPSA) is 42.3 Å². The van der Waals surface area contributed by atoms with E-state index in [0.717, 1.165) is 41.5 Å². The number of likely N-dealkylation sites (N-methyl/N-ethyl adjacent to an activating group) is 1. The van der Waals surface area contributed by atoms with Gasteiger partial charge in [0.2, 0.25) is 0 Å². The zero-order chi connectivity index (χ0) is 20.1. The molecule has 0 radical (unpaired) electrons. The van der Waals surface area contributed by atoms with E-state index < -0.39 is 0 Å². The second kappa shape index (κ2) is 8.95. The Morgan fingerprint density at radius 2 is 2.00 bits per heavy atom. The molecule has 0 unspecified atom stereocenters. The highest BCUT2D eigenvalue weighted by atomic mass is 35.5. The van der Waals surface area contributed by atoms with E-state index in [-0.39, 0.29) is 0 Å². The van der Waals surface area contributed by atoms with Crippen molar-refractivity contribution in [1.82, 2.24) is 14.7 Å². The summed E-state index contributed by atoms with van der Waals surface area (Å²) in [5.74, 6) is 0.739. The fourth-order valence-electron chi connectivity index (χ4n) is 3.20. The Bertz CT molecular complexity index is 933. The lowest BCUT2D eigenvalue weighted by Crippen LogP contribution is -2.22. The first-order valence-corrected chi connectivity index (χ1v) is 9.39. The van der Waals surface area contributed by atoms with E-state index in [1.807, 2.05) is 31.3 Å². The lowest BCUT2D eigenvalue weighted by molar-refractivity contribution is 0.356. The number of rotatable bonds is 8. The monoisotopic (exact) mass is 396 g/mol. The van der Waals surface area contributed by atoms with Crippen molar-refractivity contribution in [3.8, 4) is 17.0 Å². The standard InChI is InChI=1S/C22H25ClN4O/c1-16(14-26(2)15-17-8-6-5-7-9-17)25-18-10-11-21(28-4)19(12-18)22-20(23)13-24-27(22)3/h5-13,25H,1,14-15H2,2-4H3. The van der Waals surface area contributed by atoms with Crippen molar-refractivity contribution in [3.05, 3.63) is 77.6 Å². The van der Waals surface area contributed by atoms with Crippen LogP contribution >= 0.6 is 11.6 Å². The largest absolute Gasteiger partial charge is 0.496 e. The van der Waals surface area contributed by atoms with Gasteiger partial charge in [-0.15, -0.1) is 0 Å². The first kappa shape index (κ1) is 20.0. The predicted octanol–water partition coefficient (Wildman–Crippen LogP) is 4.81. The second-order valence-corrected chi connectivity index (χ2v) is 7.17. The SMILES string of the molecule is C=C(CN(C)Cc1ccccc1)Nc1ccc(OC)c(-c2c(Cl)cnn2C)c1. The molecule has 0 amide bonds. The summed E-state index contributed by atoms with van der Waals surface area (Å²) < 4.78 is 7.25. The van der Waals surface area contributed by atoms with E-state index in [0.29, 0.717) is 5.02 Å². The summed E-state index contributed by atoms with van der Waals surface area (Å²) in [6, 6.07) is 16.3. The Morgan fingerprint density at radius 3 is 2.64 bits per heavy atom. The molecule has 3 rings (SSSR count). The van der Waals surface area contributed by atoms with Gasteiger partial charge in [0.25, 0.3) is 0 Å². The van der Waals surface area contributed by atoms with Gasteiger partial charge < -0.3 is 10.1 Å². The quantitative estimate of drug-likeness (QED) is 0.593. The third-order valence-corrected chi connectivity index (χ3v) is 4.70. The molecule has 146 valence electrons. The van der Waals surface area contributed by atoms with Crippen LogP contribution in [0.25, 0.3) is 11.3 Å². The summed E-state index contributed by atoms with van der Waals surface area (Å²) in [6.07, 6.45) is 1.63. The molecule has 5 nitrogen and oxygen atoms in total. The average Bonchev–Trinajstić information content (AvgIpc) is 3.00. The number of hydrogen-bond donors (Lipinski definition) is 1. The molecule has 1 heterocycles. The van der Waals surface area contributed by atoms with Crippen molar-refractivity contribution in [1.29, 1.82) is 0 Å². The molecule has 6 heteroatoms. The van der Waals surface area contributed by atoms with Crippen LogP contribution in [0, 0.1) is 0 Å². The molecular weight excluding hydrogens is 372 g/mol. The van der Waals surface area contributed by atoms with Crippen LogP contribution in [0.3, 0.4) is 0 Å². The molecule has 3 aromatic rings. The Kier molecular flexibility index (Phi) is 6.39. The van der Waals surface area contributed by atoms with E-state index in [1.165, 1.54) is 5.56 Å². The van der Waals surface area contributed by atoms with E-state index in [1.54, 1.807) is 18.0 Å². The maximum Gasteiger partial charge on any atom is 0.128 e. The number of nitrogens with zero attached hydrogens (tertiary/aromatic N) is 3. The van der Waals surface area contributed by atoms with E-state index in [9.17, 15) is 0 Å². The maximum absolute atomic E-state index is 6.33. The highest BCUT2D eigenvalue weighted by Crippen LogP contribution is 2.36. The fourth-order valence-corrected chi connectivity index (χ4v) is 3.47. The van der Waals surface area contributed by atoms with Crippen LogP contribution in [0.4, 0.5) is 5.69 Å². The Labute approximate surface area is 171 Å². The first-order valence-electron chi connectivity index (χ1n) is 9.01. The number of benzene rings is 2. The van der Waals surface area contributed by atoms with Crippen molar-refractivity contribution >= 4 is 17.3 Å². The van der Waals surface area contributed by atoms with Gasteiger partial charge in [0, 0.05) is 37.1 Å². The number of aryl methyl sites for hydroxylation is 1. The van der Waals surface area contributed by atoms with Crippen molar-refractivity contribution in [2.75, 3.05) is 26.0 Å². The zero-order valence-corrected chi connectivity index (χ0v) is 17.2. The molecule has 1 aromatic heterocycles. The number of hydrogen-bond acceptors (Lipinski definition) is 4. The van der Waals surface area contributed by atoms with Gasteiger partial charge in [-0.25, -0.2) is 0 Å². The van der Waals surface area contributed by atoms with Crippen molar-refractivity contribution in [2.24, 2.45) is 7.05 Å². The van der Waals surface area contributed by atoms with Gasteiger partial charge in [-0.2, -0.15) is 5.10 Å². The summed E-state index contributed by atoms with van der Waals surface area (Å²) >= 11 is 6.33. The molecule has 2 aromatic carbocycles. The summed E-state index contributed by atoms with van der Waals surface area (Å²) in [5.41, 5.74) is 4.80. The van der Waals surface area contributed by atoms with E-state index in [4.69, 9.17) is 16.3 Å². The Morgan fingerprint density at radius 1 is 1.25 bits per heavy atom. The van der Waals surface area contributed by atoms with Crippen LogP contribution in [-0.2, 0) is 13.6 Å². The van der Waals surface area contributed by atoms with E-state index >= 15 is 0 Å². The first-order chi connectivity index (χ1) is 13.5. The number of aromatic nitrogens is 2. The molecule has 0 aliphatic rings. The van der Waals surface area contributed by atoms with Crippen LogP contribution in [0.1, 0.15) is 5.56 Å². The van der Waals surface area contributed by atoms with Gasteiger partial charge in [-0.3, -0.25) is 9.58 Å². The third-order valence-electron chi connectivity index (χ3n) is 4.43. The van der Waals surface area contributed by atoms with Crippen molar-refractivity contribution in [2.45, 2.75) is 6.54 Å². The van der Waals surface area contributed by atoms with E-state index in [2.05, 4.69) is 53.2 Å². The molecule has 0 bridgehead atoms. The highest BCUT2D eigenvalue weighted by molar-refractivity contribution is 6.33. The molecule has 0 aliphatic heterocycles. The van der Waals surface area contributed by atoms with Crippen LogP contribution in [0.2, 0.25) is 5.02 Å². The third kappa shape index (κ3) is 4.74. The van der Waals surface area contributed by atoms with Crippen molar-refractivity contribution in [3.63, 3.8) is 0 Å². The molecular formula is C22H25ClN4O. The molecule has 0 saturated carbocycles. The van der Waals surface area contributed by atoms with Gasteiger partial charge in [-0.05, 0) is 30.8 Å². The minimum atomic E-state index is 0.583. The molecule has 0 spiro atoms. The van der Waals surface area contributed by atoms with Crippen molar-refractivity contribution < 1.29 is 4.74 Å². The number of halogens is 1. The number of ether oxygens (including phenoxy) is 1. The number of methoxy groups -OCH3 is 1. The Balaban J connectivity index is 1.72. The molecule has 0 aliphatic carbocycles. The highest BCUT2D eigenvalue weighted by Gasteiger charge is 2.15. The molecule has 28 heavy (non-hydrogen) atoms. The predicted molar refractivity (Wildman–Crippen MR) is 116 cm³/mol. The van der Waals surface area contributed by atoms with Gasteiger partial charge in [0.15, 0.2) is 0 Å². The Hall–Kier alpha value is -2.76. The summed E-state index contributed by atoms with van der Waals surface area (Å²) in [4.78, 5) is 2.22. The lowest BCUT2D eigenvalue weighted by atomic mass is 10.1. The molecule has 0 fully saturated rings. The van der Waals surface area contributed by atoms with Gasteiger partial charge >= 0.3 is 0 Å². The summed E-state index contributed by atoms with van der Waals surface area (Å²) in [5, 5.41) is 8.19. The van der Waals surface area contributed by atoms with Gasteiger partial charge in [0.1, 0.15) is 5.75 Å². The zero-order valence-electron chi connectivity index (χ0n) is 16.4. The van der Waals surface area contributed by atoms with Gasteiger partial charge in [-0.1, -0.05) is 48.5 Å². The molecule has 0 saturated heterocycles. The summed E-state index contributed by atoms with van der Waals surface area (Å²) in [7, 11) is 5.58. The minimum Gasteiger partial charge on any atom is -0.496 e. The van der Waals surface area contributed by atoms with Gasteiger partial charge in [0.05, 0.1) is 24.0 Å². The molecule has 0 atom stereocenters. The maximum atomic E-state index is 6.33. The average molecular weight is 397 g/mol. The van der Waals surface area contributed by atoms with Crippen LogP contribution < -0.4 is 10.1 Å². The molecule has 1 N–H and O–H groups in total. The van der Waals surface area contributed by atoms with Crippen LogP contribution in [0.15, 0.2) is 67.0 Å². The summed E-state index contributed by atoms with van der Waals surface area (Å²) in [6.45, 7) is 5.76. The smallest absolute Gasteiger partial charge is 0.128 e. The second-order valence-electron chi connectivity index (χ2n) is 6.77. The number of nitrogens with one attached hydrogen (secondary N) is 1.